The number of rotatable bonds is 3. The first-order valence-electron chi connectivity index (χ1n) is 7.88. The molecule has 3 rings (SSSR count). The molecule has 5 nitrogen and oxygen atoms in total. The molecule has 0 aliphatic carbocycles. The van der Waals surface area contributed by atoms with Gasteiger partial charge in [-0.15, -0.1) is 0 Å². The van der Waals surface area contributed by atoms with E-state index in [-0.39, 0.29) is 11.9 Å². The molecule has 2 atom stereocenters. The minimum atomic E-state index is -0.0715. The summed E-state index contributed by atoms with van der Waals surface area (Å²) >= 11 is 5.91. The maximum absolute atomic E-state index is 12.4. The van der Waals surface area contributed by atoms with E-state index in [1.54, 1.807) is 0 Å². The van der Waals surface area contributed by atoms with Gasteiger partial charge in [0, 0.05) is 43.8 Å². The second-order valence-electron chi connectivity index (χ2n) is 6.21. The Morgan fingerprint density at radius 1 is 1.18 bits per heavy atom. The lowest BCUT2D eigenvalue weighted by Gasteiger charge is -2.35. The van der Waals surface area contributed by atoms with E-state index in [1.165, 1.54) is 5.56 Å². The molecule has 2 aliphatic heterocycles. The van der Waals surface area contributed by atoms with Gasteiger partial charge in [0.2, 0.25) is 5.91 Å². The third kappa shape index (κ3) is 3.79. The zero-order valence-electron chi connectivity index (χ0n) is 12.9. The summed E-state index contributed by atoms with van der Waals surface area (Å²) in [5, 5.41) is 0.770. The van der Waals surface area contributed by atoms with Gasteiger partial charge in [0.1, 0.15) is 6.04 Å². The highest BCUT2D eigenvalue weighted by Gasteiger charge is 2.31. The molecule has 1 aromatic carbocycles. The molecule has 0 bridgehead atoms. The maximum Gasteiger partial charge on any atom is 0.241 e. The predicted octanol–water partition coefficient (Wildman–Crippen LogP) is 1.24. The molecular formula is C16H23ClN4O. The number of hydrazine groups is 1. The van der Waals surface area contributed by atoms with Gasteiger partial charge >= 0.3 is 0 Å². The molecular weight excluding hydrogens is 300 g/mol. The van der Waals surface area contributed by atoms with Crippen molar-refractivity contribution >= 4 is 17.5 Å². The molecule has 1 aromatic rings. The van der Waals surface area contributed by atoms with E-state index in [1.807, 2.05) is 17.0 Å². The number of amides is 1. The summed E-state index contributed by atoms with van der Waals surface area (Å²) in [6, 6.07) is 8.27. The Kier molecular flexibility index (Phi) is 4.98. The maximum atomic E-state index is 12.4. The average Bonchev–Trinajstić information content (AvgIpc) is 2.96. The lowest BCUT2D eigenvalue weighted by atomic mass is 10.1. The minimum Gasteiger partial charge on any atom is -0.339 e. The normalized spacial score (nSPS) is 26.4. The van der Waals surface area contributed by atoms with Gasteiger partial charge < -0.3 is 4.90 Å². The number of nitrogens with zero attached hydrogens (tertiary/aromatic N) is 2. The van der Waals surface area contributed by atoms with Crippen molar-refractivity contribution < 1.29 is 4.79 Å². The van der Waals surface area contributed by atoms with Crippen LogP contribution in [-0.4, -0.2) is 54.0 Å². The van der Waals surface area contributed by atoms with Gasteiger partial charge in [0.15, 0.2) is 0 Å². The standard InChI is InChI=1S/C16H23ClN4O/c1-12-10-15(19-18-12)16(22)21-8-6-20(7-9-21)11-13-2-4-14(17)5-3-13/h2-5,12,15,18-19H,6-11H2,1H3. The molecule has 2 aliphatic rings. The zero-order chi connectivity index (χ0) is 15.5. The Balaban J connectivity index is 1.48. The predicted molar refractivity (Wildman–Crippen MR) is 87.4 cm³/mol. The van der Waals surface area contributed by atoms with Gasteiger partial charge in [-0.3, -0.25) is 15.1 Å². The molecule has 1 amide bonds. The van der Waals surface area contributed by atoms with Gasteiger partial charge in [0.05, 0.1) is 0 Å². The topological polar surface area (TPSA) is 47.6 Å². The van der Waals surface area contributed by atoms with E-state index in [4.69, 9.17) is 11.6 Å². The lowest BCUT2D eigenvalue weighted by Crippen LogP contribution is -2.53. The molecule has 0 spiro atoms. The van der Waals surface area contributed by atoms with Crippen LogP contribution in [0.4, 0.5) is 0 Å². The monoisotopic (exact) mass is 322 g/mol. The van der Waals surface area contributed by atoms with Crippen molar-refractivity contribution in [3.63, 3.8) is 0 Å². The molecule has 22 heavy (non-hydrogen) atoms. The second kappa shape index (κ2) is 6.96. The van der Waals surface area contributed by atoms with Crippen LogP contribution in [0, 0.1) is 0 Å². The Labute approximate surface area is 136 Å². The summed E-state index contributed by atoms with van der Waals surface area (Å²) in [7, 11) is 0. The number of hydrogen-bond acceptors (Lipinski definition) is 4. The van der Waals surface area contributed by atoms with Crippen molar-refractivity contribution in [1.82, 2.24) is 20.7 Å². The minimum absolute atomic E-state index is 0.0715. The Morgan fingerprint density at radius 3 is 2.45 bits per heavy atom. The zero-order valence-corrected chi connectivity index (χ0v) is 13.6. The van der Waals surface area contributed by atoms with Crippen LogP contribution in [0.3, 0.4) is 0 Å². The molecule has 2 unspecified atom stereocenters. The molecule has 2 heterocycles. The smallest absolute Gasteiger partial charge is 0.241 e. The van der Waals surface area contributed by atoms with Crippen molar-refractivity contribution in [2.45, 2.75) is 32.0 Å². The van der Waals surface area contributed by atoms with Crippen LogP contribution in [0.5, 0.6) is 0 Å². The molecule has 6 heteroatoms. The van der Waals surface area contributed by atoms with Crippen LogP contribution in [-0.2, 0) is 11.3 Å². The third-order valence-corrected chi connectivity index (χ3v) is 4.65. The summed E-state index contributed by atoms with van der Waals surface area (Å²) < 4.78 is 0. The first kappa shape index (κ1) is 15.7. The fourth-order valence-electron chi connectivity index (χ4n) is 3.07. The number of piperazine rings is 1. The van der Waals surface area contributed by atoms with E-state index in [0.717, 1.165) is 44.2 Å². The molecule has 2 saturated heterocycles. The van der Waals surface area contributed by atoms with Gasteiger partial charge in [-0.25, -0.2) is 5.43 Å². The number of carbonyl (C=O) groups is 1. The van der Waals surface area contributed by atoms with Crippen LogP contribution < -0.4 is 10.9 Å². The molecule has 0 aromatic heterocycles. The third-order valence-electron chi connectivity index (χ3n) is 4.39. The van der Waals surface area contributed by atoms with Gasteiger partial charge in [0.25, 0.3) is 0 Å². The first-order chi connectivity index (χ1) is 10.6. The van der Waals surface area contributed by atoms with Crippen LogP contribution in [0.2, 0.25) is 5.02 Å². The van der Waals surface area contributed by atoms with Crippen molar-refractivity contribution in [2.75, 3.05) is 26.2 Å². The SMILES string of the molecule is CC1CC(C(=O)N2CCN(Cc3ccc(Cl)cc3)CC2)NN1. The summed E-state index contributed by atoms with van der Waals surface area (Å²) in [5.41, 5.74) is 7.47. The van der Waals surface area contributed by atoms with Gasteiger partial charge in [-0.2, -0.15) is 0 Å². The Morgan fingerprint density at radius 2 is 1.86 bits per heavy atom. The molecule has 2 fully saturated rings. The number of hydrogen-bond donors (Lipinski definition) is 2. The highest BCUT2D eigenvalue weighted by atomic mass is 35.5. The summed E-state index contributed by atoms with van der Waals surface area (Å²) in [6.07, 6.45) is 0.865. The van der Waals surface area contributed by atoms with Gasteiger partial charge in [-0.05, 0) is 31.0 Å². The fourth-order valence-corrected chi connectivity index (χ4v) is 3.20. The quantitative estimate of drug-likeness (QED) is 0.879. The number of halogens is 1. The van der Waals surface area contributed by atoms with Crippen LogP contribution in [0.15, 0.2) is 24.3 Å². The van der Waals surface area contributed by atoms with Gasteiger partial charge in [-0.1, -0.05) is 23.7 Å². The molecule has 2 N–H and O–H groups in total. The first-order valence-corrected chi connectivity index (χ1v) is 8.26. The lowest BCUT2D eigenvalue weighted by molar-refractivity contribution is -0.135. The van der Waals surface area contributed by atoms with E-state index in [9.17, 15) is 4.79 Å². The fraction of sp³-hybridized carbons (Fsp3) is 0.562. The number of benzene rings is 1. The summed E-state index contributed by atoms with van der Waals surface area (Å²) in [4.78, 5) is 16.8. The van der Waals surface area contributed by atoms with E-state index >= 15 is 0 Å². The van der Waals surface area contributed by atoms with Crippen LogP contribution in [0.1, 0.15) is 18.9 Å². The van der Waals surface area contributed by atoms with E-state index in [0.29, 0.717) is 6.04 Å². The summed E-state index contributed by atoms with van der Waals surface area (Å²) in [6.45, 7) is 6.45. The van der Waals surface area contributed by atoms with Crippen LogP contribution >= 0.6 is 11.6 Å². The molecule has 0 radical (unpaired) electrons. The number of nitrogens with one attached hydrogen (secondary N) is 2. The Bertz CT molecular complexity index is 513. The second-order valence-corrected chi connectivity index (χ2v) is 6.64. The Hall–Kier alpha value is -1.14. The molecule has 120 valence electrons. The van der Waals surface area contributed by atoms with Crippen LogP contribution in [0.25, 0.3) is 0 Å². The van der Waals surface area contributed by atoms with Crippen molar-refractivity contribution in [2.24, 2.45) is 0 Å². The molecule has 0 saturated carbocycles. The summed E-state index contributed by atoms with van der Waals surface area (Å²) in [5.74, 6) is 0.225. The van der Waals surface area contributed by atoms with Crippen molar-refractivity contribution in [3.05, 3.63) is 34.9 Å². The van der Waals surface area contributed by atoms with Crippen molar-refractivity contribution in [3.8, 4) is 0 Å². The highest BCUT2D eigenvalue weighted by molar-refractivity contribution is 6.30. The highest BCUT2D eigenvalue weighted by Crippen LogP contribution is 2.14. The average molecular weight is 323 g/mol. The van der Waals surface area contributed by atoms with E-state index < -0.39 is 0 Å². The van der Waals surface area contributed by atoms with E-state index in [2.05, 4.69) is 34.8 Å². The van der Waals surface area contributed by atoms with Crippen molar-refractivity contribution in [1.29, 1.82) is 0 Å². The largest absolute Gasteiger partial charge is 0.339 e. The number of carbonyl (C=O) groups excluding carboxylic acids is 1.